The number of amides is 1. The van der Waals surface area contributed by atoms with Crippen LogP contribution in [0.3, 0.4) is 0 Å². The summed E-state index contributed by atoms with van der Waals surface area (Å²) in [5, 5.41) is 0. The second-order valence-electron chi connectivity index (χ2n) is 4.50. The van der Waals surface area contributed by atoms with Crippen LogP contribution in [-0.4, -0.2) is 23.8 Å². The first-order valence-corrected chi connectivity index (χ1v) is 5.97. The molecule has 0 unspecified atom stereocenters. The number of nitrogens with two attached hydrogens (primary N) is 1. The predicted molar refractivity (Wildman–Crippen MR) is 65.5 cm³/mol. The Morgan fingerprint density at radius 3 is 2.67 bits per heavy atom. The molecule has 1 fully saturated rings. The molecule has 2 N–H and O–H groups in total. The van der Waals surface area contributed by atoms with Crippen LogP contribution in [0, 0.1) is 0 Å². The summed E-state index contributed by atoms with van der Waals surface area (Å²) in [7, 11) is 1.48. The fraction of sp³-hybridized carbons (Fsp3) is 0.462. The fourth-order valence-electron chi connectivity index (χ4n) is 2.30. The Morgan fingerprint density at radius 2 is 2.11 bits per heavy atom. The maximum absolute atomic E-state index is 11.2. The predicted octanol–water partition coefficient (Wildman–Crippen LogP) is 1.42. The Labute approximate surface area is 105 Å². The normalized spacial score (nSPS) is 16.6. The van der Waals surface area contributed by atoms with Gasteiger partial charge in [-0.15, -0.1) is 0 Å². The molecule has 1 aliphatic carbocycles. The molecule has 96 valence electrons. The summed E-state index contributed by atoms with van der Waals surface area (Å²) >= 11 is 0. The van der Waals surface area contributed by atoms with Crippen molar-refractivity contribution in [2.45, 2.75) is 31.6 Å². The smallest absolute Gasteiger partial charge is 0.271 e. The van der Waals surface area contributed by atoms with Crippen molar-refractivity contribution in [2.75, 3.05) is 7.11 Å². The van der Waals surface area contributed by atoms with Gasteiger partial charge in [0.1, 0.15) is 11.5 Å². The highest BCUT2D eigenvalue weighted by molar-refractivity contribution is 5.93. The molecule has 2 rings (SSSR count). The Morgan fingerprint density at radius 1 is 1.44 bits per heavy atom. The molecule has 5 heteroatoms. The van der Waals surface area contributed by atoms with Gasteiger partial charge < -0.3 is 10.5 Å². The maximum atomic E-state index is 11.2. The van der Waals surface area contributed by atoms with Crippen molar-refractivity contribution in [3.8, 4) is 5.75 Å². The third kappa shape index (κ3) is 2.50. The lowest BCUT2D eigenvalue weighted by Gasteiger charge is -2.21. The van der Waals surface area contributed by atoms with E-state index in [2.05, 4.69) is 4.98 Å². The minimum Gasteiger partial charge on any atom is -0.494 e. The number of pyridine rings is 1. The van der Waals surface area contributed by atoms with Crippen molar-refractivity contribution >= 4 is 11.7 Å². The number of rotatable bonds is 3. The zero-order valence-electron chi connectivity index (χ0n) is 10.3. The highest BCUT2D eigenvalue weighted by Crippen LogP contribution is 2.32. The highest BCUT2D eigenvalue weighted by atomic mass is 16.5. The second kappa shape index (κ2) is 5.16. The molecule has 1 aromatic rings. The van der Waals surface area contributed by atoms with Crippen molar-refractivity contribution in [3.63, 3.8) is 0 Å². The summed E-state index contributed by atoms with van der Waals surface area (Å²) in [6.07, 6.45) is 4.55. The van der Waals surface area contributed by atoms with Crippen molar-refractivity contribution in [1.82, 2.24) is 4.98 Å². The monoisotopic (exact) mass is 248 g/mol. The molecule has 1 saturated carbocycles. The summed E-state index contributed by atoms with van der Waals surface area (Å²) in [6.45, 7) is 0. The van der Waals surface area contributed by atoms with Crippen LogP contribution >= 0.6 is 0 Å². The summed E-state index contributed by atoms with van der Waals surface area (Å²) in [4.78, 5) is 26.4. The number of hydrogen-bond acceptors (Lipinski definition) is 4. The van der Waals surface area contributed by atoms with Gasteiger partial charge in [0.25, 0.3) is 5.91 Å². The Kier molecular flexibility index (Phi) is 3.60. The maximum Gasteiger partial charge on any atom is 0.271 e. The topological polar surface area (TPSA) is 82.3 Å². The number of ketones is 1. The molecule has 1 amide bonds. The van der Waals surface area contributed by atoms with E-state index in [1.165, 1.54) is 7.11 Å². The van der Waals surface area contributed by atoms with Gasteiger partial charge in [-0.1, -0.05) is 0 Å². The van der Waals surface area contributed by atoms with Gasteiger partial charge in [0.2, 0.25) is 0 Å². The van der Waals surface area contributed by atoms with Crippen molar-refractivity contribution < 1.29 is 14.3 Å². The average molecular weight is 248 g/mol. The Hall–Kier alpha value is -1.91. The molecule has 0 atom stereocenters. The lowest BCUT2D eigenvalue weighted by molar-refractivity contribution is -0.120. The van der Waals surface area contributed by atoms with Crippen molar-refractivity contribution in [2.24, 2.45) is 5.73 Å². The third-order valence-corrected chi connectivity index (χ3v) is 3.34. The van der Waals surface area contributed by atoms with Gasteiger partial charge >= 0.3 is 0 Å². The molecule has 1 aliphatic rings. The van der Waals surface area contributed by atoms with E-state index in [4.69, 9.17) is 10.5 Å². The second-order valence-corrected chi connectivity index (χ2v) is 4.50. The minimum absolute atomic E-state index is 0.146. The van der Waals surface area contributed by atoms with Crippen LogP contribution in [0.25, 0.3) is 0 Å². The van der Waals surface area contributed by atoms with Crippen LogP contribution in [0.5, 0.6) is 5.75 Å². The molecule has 0 aliphatic heterocycles. The molecule has 0 spiro atoms. The quantitative estimate of drug-likeness (QED) is 0.876. The first-order valence-electron chi connectivity index (χ1n) is 5.97. The zero-order valence-corrected chi connectivity index (χ0v) is 10.3. The van der Waals surface area contributed by atoms with E-state index >= 15 is 0 Å². The Bertz CT molecular complexity index is 475. The summed E-state index contributed by atoms with van der Waals surface area (Å²) in [5.41, 5.74) is 6.36. The molecule has 0 saturated heterocycles. The number of ether oxygens (including phenoxy) is 1. The number of methoxy groups -OCH3 is 1. The minimum atomic E-state index is -0.600. The molecule has 1 aromatic heterocycles. The average Bonchev–Trinajstić information content (AvgIpc) is 2.38. The molecular formula is C13H16N2O3. The van der Waals surface area contributed by atoms with Crippen LogP contribution in [0.4, 0.5) is 0 Å². The van der Waals surface area contributed by atoms with Gasteiger partial charge in [-0.3, -0.25) is 9.59 Å². The molecule has 0 bridgehead atoms. The van der Waals surface area contributed by atoms with Gasteiger partial charge in [-0.2, -0.15) is 0 Å². The standard InChI is InChI=1S/C13H16N2O3/c1-18-11-6-9(7-15-12(11)13(14)17)8-2-4-10(16)5-3-8/h6-8H,2-5H2,1H3,(H2,14,17). The van der Waals surface area contributed by atoms with E-state index < -0.39 is 5.91 Å². The third-order valence-electron chi connectivity index (χ3n) is 3.34. The lowest BCUT2D eigenvalue weighted by atomic mass is 9.84. The molecule has 0 radical (unpaired) electrons. The van der Waals surface area contributed by atoms with E-state index in [0.29, 0.717) is 30.3 Å². The van der Waals surface area contributed by atoms with E-state index in [-0.39, 0.29) is 5.69 Å². The van der Waals surface area contributed by atoms with Crippen LogP contribution in [0.1, 0.15) is 47.7 Å². The largest absolute Gasteiger partial charge is 0.494 e. The van der Waals surface area contributed by atoms with Crippen molar-refractivity contribution in [3.05, 3.63) is 23.5 Å². The summed E-state index contributed by atoms with van der Waals surface area (Å²) < 4.78 is 5.13. The van der Waals surface area contributed by atoms with Gasteiger partial charge in [-0.05, 0) is 30.4 Å². The van der Waals surface area contributed by atoms with Crippen LogP contribution in [0.2, 0.25) is 0 Å². The first kappa shape index (κ1) is 12.5. The number of carbonyl (C=O) groups excluding carboxylic acids is 2. The zero-order chi connectivity index (χ0) is 13.1. The van der Waals surface area contributed by atoms with Crippen molar-refractivity contribution in [1.29, 1.82) is 0 Å². The van der Waals surface area contributed by atoms with Gasteiger partial charge in [0, 0.05) is 19.0 Å². The summed E-state index contributed by atoms with van der Waals surface area (Å²) in [5.74, 6) is 0.431. The Balaban J connectivity index is 2.24. The van der Waals surface area contributed by atoms with Gasteiger partial charge in [0.05, 0.1) is 7.11 Å². The molecule has 5 nitrogen and oxygen atoms in total. The van der Waals surface area contributed by atoms with E-state index in [1.807, 2.05) is 0 Å². The number of carbonyl (C=O) groups is 2. The molecular weight excluding hydrogens is 232 g/mol. The van der Waals surface area contributed by atoms with Gasteiger partial charge in [0.15, 0.2) is 5.69 Å². The number of nitrogens with zero attached hydrogens (tertiary/aromatic N) is 1. The molecule has 1 heterocycles. The number of Topliss-reactive ketones (excluding diaryl/α,β-unsaturated/α-hetero) is 1. The number of primary amides is 1. The number of hydrogen-bond donors (Lipinski definition) is 1. The molecule has 0 aromatic carbocycles. The highest BCUT2D eigenvalue weighted by Gasteiger charge is 2.22. The number of aromatic nitrogens is 1. The summed E-state index contributed by atoms with van der Waals surface area (Å²) in [6, 6.07) is 1.80. The van der Waals surface area contributed by atoms with Crippen LogP contribution in [-0.2, 0) is 4.79 Å². The van der Waals surface area contributed by atoms with E-state index in [1.54, 1.807) is 12.3 Å². The van der Waals surface area contributed by atoms with Gasteiger partial charge in [-0.25, -0.2) is 4.98 Å². The van der Waals surface area contributed by atoms with E-state index in [9.17, 15) is 9.59 Å². The lowest BCUT2D eigenvalue weighted by Crippen LogP contribution is -2.16. The van der Waals surface area contributed by atoms with Crippen LogP contribution < -0.4 is 10.5 Å². The SMILES string of the molecule is COc1cc(C2CCC(=O)CC2)cnc1C(N)=O. The van der Waals surface area contributed by atoms with Crippen LogP contribution in [0.15, 0.2) is 12.3 Å². The van der Waals surface area contributed by atoms with E-state index in [0.717, 1.165) is 18.4 Å². The fourth-order valence-corrected chi connectivity index (χ4v) is 2.30. The molecule has 18 heavy (non-hydrogen) atoms. The first-order chi connectivity index (χ1) is 8.61.